The number of piperidine rings is 2. The highest BCUT2D eigenvalue weighted by atomic mass is 16.1. The van der Waals surface area contributed by atoms with Crippen molar-refractivity contribution in [3.63, 3.8) is 0 Å². The quantitative estimate of drug-likeness (QED) is 0.547. The molecule has 2 rings (SSSR count). The second-order valence-electron chi connectivity index (χ2n) is 6.95. The highest BCUT2D eigenvalue weighted by Crippen LogP contribution is 2.41. The Bertz CT molecular complexity index is 290. The third-order valence-electron chi connectivity index (χ3n) is 5.53. The van der Waals surface area contributed by atoms with Crippen LogP contribution in [0.15, 0.2) is 0 Å². The second-order valence-corrected chi connectivity index (χ2v) is 6.95. The summed E-state index contributed by atoms with van der Waals surface area (Å²) in [6.07, 6.45) is 9.63. The number of nitrogens with zero attached hydrogens (tertiary/aromatic N) is 2. The topological polar surface area (TPSA) is 35.6 Å². The normalized spacial score (nSPS) is 23.5. The summed E-state index contributed by atoms with van der Waals surface area (Å²) in [4.78, 5) is 15.6. The zero-order valence-corrected chi connectivity index (χ0v) is 13.8. The molecule has 0 aliphatic carbocycles. The van der Waals surface area contributed by atoms with Crippen molar-refractivity contribution in [2.75, 3.05) is 52.9 Å². The Hall–Kier alpha value is -0.450. The highest BCUT2D eigenvalue weighted by Gasteiger charge is 2.37. The van der Waals surface area contributed by atoms with Crippen molar-refractivity contribution < 1.29 is 4.79 Å². The number of rotatable bonds is 8. The molecule has 1 N–H and O–H groups in total. The van der Waals surface area contributed by atoms with Gasteiger partial charge in [0.15, 0.2) is 0 Å². The lowest BCUT2D eigenvalue weighted by molar-refractivity contribution is -0.108. The predicted molar refractivity (Wildman–Crippen MR) is 87.6 cm³/mol. The van der Waals surface area contributed by atoms with Crippen molar-refractivity contribution in [2.45, 2.75) is 44.9 Å². The summed E-state index contributed by atoms with van der Waals surface area (Å²) >= 11 is 0. The second kappa shape index (κ2) is 8.86. The van der Waals surface area contributed by atoms with Crippen molar-refractivity contribution in [2.24, 2.45) is 5.41 Å². The smallest absolute Gasteiger partial charge is 0.120 e. The molecule has 0 aromatic rings. The number of carbonyl (C=O) groups excluding carboxylic acids is 1. The van der Waals surface area contributed by atoms with Gasteiger partial charge in [0, 0.05) is 6.42 Å². The van der Waals surface area contributed by atoms with Crippen LogP contribution < -0.4 is 5.32 Å². The van der Waals surface area contributed by atoms with Gasteiger partial charge in [0.05, 0.1) is 0 Å². The summed E-state index contributed by atoms with van der Waals surface area (Å²) in [5.41, 5.74) is 0.640. The average molecular weight is 295 g/mol. The molecule has 2 heterocycles. The Morgan fingerprint density at radius 3 is 1.95 bits per heavy atom. The molecule has 2 saturated heterocycles. The first-order valence-corrected chi connectivity index (χ1v) is 8.81. The standard InChI is InChI=1S/C17H33N3O/c1-18-9-4-11-20-14-7-17(8-15-20)5-12-19(13-6-17)10-2-3-16-21/h16,18H,2-15H2,1H3. The molecule has 0 saturated carbocycles. The van der Waals surface area contributed by atoms with Crippen LogP contribution in [0.3, 0.4) is 0 Å². The van der Waals surface area contributed by atoms with Crippen molar-refractivity contribution in [3.8, 4) is 0 Å². The molecule has 0 aromatic carbocycles. The van der Waals surface area contributed by atoms with Gasteiger partial charge >= 0.3 is 0 Å². The van der Waals surface area contributed by atoms with Crippen molar-refractivity contribution in [1.82, 2.24) is 15.1 Å². The van der Waals surface area contributed by atoms with Gasteiger partial charge in [-0.2, -0.15) is 0 Å². The average Bonchev–Trinajstić information content (AvgIpc) is 2.52. The summed E-state index contributed by atoms with van der Waals surface area (Å²) in [5.74, 6) is 0. The molecule has 2 aliphatic heterocycles. The number of hydrogen-bond donors (Lipinski definition) is 1. The fraction of sp³-hybridized carbons (Fsp3) is 0.941. The van der Waals surface area contributed by atoms with E-state index >= 15 is 0 Å². The van der Waals surface area contributed by atoms with Crippen LogP contribution in [-0.4, -0.2) is 68.9 Å². The SMILES string of the molecule is CNCCCN1CCC2(CCN(CCCC=O)CC2)CC1. The monoisotopic (exact) mass is 295 g/mol. The number of carbonyl (C=O) groups is 1. The Balaban J connectivity index is 1.64. The van der Waals surface area contributed by atoms with Crippen LogP contribution in [-0.2, 0) is 4.79 Å². The molecule has 0 radical (unpaired) electrons. The van der Waals surface area contributed by atoms with Crippen molar-refractivity contribution >= 4 is 6.29 Å². The van der Waals surface area contributed by atoms with E-state index in [4.69, 9.17) is 0 Å². The lowest BCUT2D eigenvalue weighted by Crippen LogP contribution is -2.47. The minimum atomic E-state index is 0.640. The third kappa shape index (κ3) is 5.35. The number of hydrogen-bond acceptors (Lipinski definition) is 4. The zero-order valence-electron chi connectivity index (χ0n) is 13.8. The van der Waals surface area contributed by atoms with Crippen LogP contribution in [0.5, 0.6) is 0 Å². The molecule has 4 heteroatoms. The maximum Gasteiger partial charge on any atom is 0.120 e. The first-order chi connectivity index (χ1) is 10.3. The van der Waals surface area contributed by atoms with Gasteiger partial charge in [-0.25, -0.2) is 0 Å². The maximum atomic E-state index is 10.4. The fourth-order valence-electron chi connectivity index (χ4n) is 3.88. The Morgan fingerprint density at radius 2 is 1.48 bits per heavy atom. The zero-order chi connectivity index (χ0) is 15.0. The minimum Gasteiger partial charge on any atom is -0.320 e. The molecule has 0 bridgehead atoms. The molecule has 4 nitrogen and oxygen atoms in total. The van der Waals surface area contributed by atoms with Gasteiger partial charge in [0.2, 0.25) is 0 Å². The van der Waals surface area contributed by atoms with Gasteiger partial charge < -0.3 is 19.9 Å². The van der Waals surface area contributed by atoms with E-state index in [-0.39, 0.29) is 0 Å². The summed E-state index contributed by atoms with van der Waals surface area (Å²) < 4.78 is 0. The maximum absolute atomic E-state index is 10.4. The predicted octanol–water partition coefficient (Wildman–Crippen LogP) is 1.75. The van der Waals surface area contributed by atoms with Crippen LogP contribution >= 0.6 is 0 Å². The highest BCUT2D eigenvalue weighted by molar-refractivity contribution is 5.48. The van der Waals surface area contributed by atoms with Crippen molar-refractivity contribution in [3.05, 3.63) is 0 Å². The van der Waals surface area contributed by atoms with Crippen LogP contribution in [0.1, 0.15) is 44.9 Å². The van der Waals surface area contributed by atoms with Gasteiger partial charge in [-0.3, -0.25) is 0 Å². The van der Waals surface area contributed by atoms with Crippen LogP contribution in [0.2, 0.25) is 0 Å². The van der Waals surface area contributed by atoms with E-state index in [0.717, 1.165) is 32.2 Å². The molecule has 21 heavy (non-hydrogen) atoms. The molecule has 0 aromatic heterocycles. The molecular weight excluding hydrogens is 262 g/mol. The van der Waals surface area contributed by atoms with E-state index in [1.165, 1.54) is 64.8 Å². The Morgan fingerprint density at radius 1 is 0.952 bits per heavy atom. The van der Waals surface area contributed by atoms with E-state index in [9.17, 15) is 4.79 Å². The molecule has 2 aliphatic rings. The Labute approximate surface area is 130 Å². The van der Waals surface area contributed by atoms with Gasteiger partial charge in [0.1, 0.15) is 6.29 Å². The first kappa shape index (κ1) is 16.9. The number of unbranched alkanes of at least 4 members (excludes halogenated alkanes) is 1. The third-order valence-corrected chi connectivity index (χ3v) is 5.53. The largest absolute Gasteiger partial charge is 0.320 e. The lowest BCUT2D eigenvalue weighted by Gasteiger charge is -2.47. The van der Waals surface area contributed by atoms with E-state index in [0.29, 0.717) is 5.41 Å². The van der Waals surface area contributed by atoms with Gasteiger partial charge in [-0.15, -0.1) is 0 Å². The van der Waals surface area contributed by atoms with Crippen LogP contribution in [0.25, 0.3) is 0 Å². The minimum absolute atomic E-state index is 0.640. The molecule has 122 valence electrons. The molecular formula is C17H33N3O. The molecule has 0 unspecified atom stereocenters. The molecule has 2 fully saturated rings. The summed E-state index contributed by atoms with van der Waals surface area (Å²) in [6, 6.07) is 0. The molecule has 0 amide bonds. The van der Waals surface area contributed by atoms with Crippen LogP contribution in [0.4, 0.5) is 0 Å². The first-order valence-electron chi connectivity index (χ1n) is 8.81. The Kier molecular flexibility index (Phi) is 7.14. The summed E-state index contributed by atoms with van der Waals surface area (Å²) in [5, 5.41) is 3.24. The van der Waals surface area contributed by atoms with Crippen LogP contribution in [0, 0.1) is 5.41 Å². The van der Waals surface area contributed by atoms with E-state index in [1.54, 1.807) is 0 Å². The number of aldehydes is 1. The summed E-state index contributed by atoms with van der Waals surface area (Å²) in [7, 11) is 2.04. The van der Waals surface area contributed by atoms with E-state index in [2.05, 4.69) is 15.1 Å². The summed E-state index contributed by atoms with van der Waals surface area (Å²) in [6.45, 7) is 8.61. The number of nitrogens with one attached hydrogen (secondary N) is 1. The molecule has 1 spiro atoms. The van der Waals surface area contributed by atoms with Gasteiger partial charge in [0.25, 0.3) is 0 Å². The van der Waals surface area contributed by atoms with Crippen molar-refractivity contribution in [1.29, 1.82) is 0 Å². The lowest BCUT2D eigenvalue weighted by atomic mass is 9.71. The fourth-order valence-corrected chi connectivity index (χ4v) is 3.88. The van der Waals surface area contributed by atoms with Gasteiger partial charge in [-0.05, 0) is 96.8 Å². The molecule has 0 atom stereocenters. The van der Waals surface area contributed by atoms with Gasteiger partial charge in [-0.1, -0.05) is 0 Å². The van der Waals surface area contributed by atoms with E-state index < -0.39 is 0 Å². The van der Waals surface area contributed by atoms with E-state index in [1.807, 2.05) is 7.05 Å². The number of likely N-dealkylation sites (tertiary alicyclic amines) is 2.